The third-order valence-electron chi connectivity index (χ3n) is 2.06. The van der Waals surface area contributed by atoms with Crippen molar-refractivity contribution in [1.29, 1.82) is 0 Å². The summed E-state index contributed by atoms with van der Waals surface area (Å²) < 4.78 is 4.73. The van der Waals surface area contributed by atoms with Gasteiger partial charge in [-0.25, -0.2) is 4.79 Å². The second-order valence-electron chi connectivity index (χ2n) is 3.19. The van der Waals surface area contributed by atoms with E-state index < -0.39 is 11.9 Å². The van der Waals surface area contributed by atoms with Crippen LogP contribution in [0.15, 0.2) is 18.2 Å². The van der Waals surface area contributed by atoms with E-state index in [9.17, 15) is 9.59 Å². The Labute approximate surface area is 80.9 Å². The Morgan fingerprint density at radius 3 is 2.93 bits per heavy atom. The summed E-state index contributed by atoms with van der Waals surface area (Å²) in [6.45, 7) is 2.06. The molecule has 1 aromatic rings. The summed E-state index contributed by atoms with van der Waals surface area (Å²) in [4.78, 5) is 22.0. The Bertz CT molecular complexity index is 412. The Balaban J connectivity index is 2.43. The summed E-state index contributed by atoms with van der Waals surface area (Å²) in [5, 5.41) is 2.50. The van der Waals surface area contributed by atoms with Crippen molar-refractivity contribution in [2.45, 2.75) is 13.5 Å². The van der Waals surface area contributed by atoms with Crippen molar-refractivity contribution in [2.24, 2.45) is 0 Å². The molecule has 4 nitrogen and oxygen atoms in total. The lowest BCUT2D eigenvalue weighted by Gasteiger charge is -2.04. The number of hydrogen-bond donors (Lipinski definition) is 1. The maximum Gasteiger partial charge on any atom is 0.397 e. The van der Waals surface area contributed by atoms with Gasteiger partial charge in [0.25, 0.3) is 0 Å². The molecule has 0 bridgehead atoms. The zero-order chi connectivity index (χ0) is 10.1. The lowest BCUT2D eigenvalue weighted by atomic mass is 10.1. The number of ether oxygens (including phenoxy) is 1. The summed E-state index contributed by atoms with van der Waals surface area (Å²) in [6, 6.07) is 5.56. The molecule has 0 unspecified atom stereocenters. The van der Waals surface area contributed by atoms with Crippen molar-refractivity contribution in [1.82, 2.24) is 0 Å². The molecule has 1 aromatic carbocycles. The van der Waals surface area contributed by atoms with Gasteiger partial charge in [0.05, 0.1) is 0 Å². The molecule has 0 radical (unpaired) electrons. The van der Waals surface area contributed by atoms with Gasteiger partial charge in [-0.1, -0.05) is 12.1 Å². The van der Waals surface area contributed by atoms with E-state index >= 15 is 0 Å². The number of nitrogens with one attached hydrogen (secondary N) is 1. The summed E-state index contributed by atoms with van der Waals surface area (Å²) in [5.41, 5.74) is 2.49. The lowest BCUT2D eigenvalue weighted by molar-refractivity contribution is -0.153. The van der Waals surface area contributed by atoms with Crippen molar-refractivity contribution in [3.05, 3.63) is 29.3 Å². The van der Waals surface area contributed by atoms with Crippen molar-refractivity contribution in [3.8, 4) is 0 Å². The van der Waals surface area contributed by atoms with Gasteiger partial charge in [-0.3, -0.25) is 4.79 Å². The van der Waals surface area contributed by atoms with Crippen LogP contribution in [0.1, 0.15) is 11.1 Å². The van der Waals surface area contributed by atoms with Crippen LogP contribution in [-0.2, 0) is 20.9 Å². The molecule has 1 aliphatic rings. The Hall–Kier alpha value is -1.84. The molecule has 0 atom stereocenters. The molecule has 0 saturated heterocycles. The Morgan fingerprint density at radius 1 is 1.36 bits per heavy atom. The van der Waals surface area contributed by atoms with Crippen molar-refractivity contribution in [2.75, 3.05) is 5.32 Å². The van der Waals surface area contributed by atoms with Gasteiger partial charge in [0.1, 0.15) is 6.61 Å². The Morgan fingerprint density at radius 2 is 2.14 bits per heavy atom. The molecule has 0 saturated carbocycles. The first-order chi connectivity index (χ1) is 6.66. The van der Waals surface area contributed by atoms with Crippen LogP contribution in [-0.4, -0.2) is 11.9 Å². The van der Waals surface area contributed by atoms with E-state index in [1.165, 1.54) is 0 Å². The number of anilines is 1. The summed E-state index contributed by atoms with van der Waals surface area (Å²) in [7, 11) is 0. The van der Waals surface area contributed by atoms with Crippen LogP contribution in [0.4, 0.5) is 5.69 Å². The summed E-state index contributed by atoms with van der Waals surface area (Å²) in [5.74, 6) is -1.55. The summed E-state index contributed by atoms with van der Waals surface area (Å²) in [6.07, 6.45) is 0. The van der Waals surface area contributed by atoms with Crippen LogP contribution >= 0.6 is 0 Å². The van der Waals surface area contributed by atoms with Gasteiger partial charge in [0.2, 0.25) is 0 Å². The van der Waals surface area contributed by atoms with Crippen molar-refractivity contribution >= 4 is 17.6 Å². The predicted molar refractivity (Wildman–Crippen MR) is 49.6 cm³/mol. The SMILES string of the molecule is Cc1ccc2c(c1)NC(=O)C(=O)OC2. The average Bonchev–Trinajstić information content (AvgIpc) is 2.27. The lowest BCUT2D eigenvalue weighted by Crippen LogP contribution is -2.22. The number of esters is 1. The third kappa shape index (κ3) is 1.46. The number of benzene rings is 1. The fraction of sp³-hybridized carbons (Fsp3) is 0.200. The van der Waals surface area contributed by atoms with Gasteiger partial charge in [0, 0.05) is 11.3 Å². The second kappa shape index (κ2) is 3.14. The van der Waals surface area contributed by atoms with E-state index in [2.05, 4.69) is 5.32 Å². The minimum absolute atomic E-state index is 0.146. The third-order valence-corrected chi connectivity index (χ3v) is 2.06. The number of cyclic esters (lactones) is 1. The van der Waals surface area contributed by atoms with Gasteiger partial charge in [-0.05, 0) is 18.6 Å². The van der Waals surface area contributed by atoms with Crippen molar-refractivity contribution in [3.63, 3.8) is 0 Å². The molecular weight excluding hydrogens is 182 g/mol. The van der Waals surface area contributed by atoms with Gasteiger partial charge in [0.15, 0.2) is 0 Å². The molecule has 72 valence electrons. The summed E-state index contributed by atoms with van der Waals surface area (Å²) >= 11 is 0. The van der Waals surface area contributed by atoms with Gasteiger partial charge in [-0.15, -0.1) is 0 Å². The highest BCUT2D eigenvalue weighted by Crippen LogP contribution is 2.20. The molecule has 0 spiro atoms. The molecule has 0 aliphatic carbocycles. The molecule has 1 N–H and O–H groups in total. The first kappa shape index (κ1) is 8.74. The van der Waals surface area contributed by atoms with Crippen molar-refractivity contribution < 1.29 is 14.3 Å². The van der Waals surface area contributed by atoms with Crippen LogP contribution in [0.5, 0.6) is 0 Å². The largest absolute Gasteiger partial charge is 0.454 e. The first-order valence-electron chi connectivity index (χ1n) is 4.24. The molecule has 14 heavy (non-hydrogen) atoms. The van der Waals surface area contributed by atoms with E-state index in [0.717, 1.165) is 11.1 Å². The molecular formula is C10H9NO3. The molecule has 0 fully saturated rings. The van der Waals surface area contributed by atoms with E-state index in [-0.39, 0.29) is 6.61 Å². The van der Waals surface area contributed by atoms with E-state index in [4.69, 9.17) is 4.74 Å². The number of rotatable bonds is 0. The van der Waals surface area contributed by atoms with E-state index in [1.807, 2.05) is 25.1 Å². The smallest absolute Gasteiger partial charge is 0.397 e. The van der Waals surface area contributed by atoms with Gasteiger partial charge >= 0.3 is 11.9 Å². The number of hydrogen-bond acceptors (Lipinski definition) is 3. The maximum atomic E-state index is 11.1. The normalized spacial score (nSPS) is 15.2. The van der Waals surface area contributed by atoms with Crippen LogP contribution in [0, 0.1) is 6.92 Å². The number of fused-ring (bicyclic) bond motifs is 1. The average molecular weight is 191 g/mol. The van der Waals surface area contributed by atoms with Gasteiger partial charge in [-0.2, -0.15) is 0 Å². The fourth-order valence-electron chi connectivity index (χ4n) is 1.31. The Kier molecular flexibility index (Phi) is 1.96. The molecule has 1 aliphatic heterocycles. The van der Waals surface area contributed by atoms with E-state index in [0.29, 0.717) is 5.69 Å². The standard InChI is InChI=1S/C10H9NO3/c1-6-2-3-7-5-14-10(13)9(12)11-8(7)4-6/h2-4H,5H2,1H3,(H,11,12). The fourth-order valence-corrected chi connectivity index (χ4v) is 1.31. The first-order valence-corrected chi connectivity index (χ1v) is 4.24. The molecule has 0 aromatic heterocycles. The molecule has 4 heteroatoms. The van der Waals surface area contributed by atoms with Crippen LogP contribution in [0.3, 0.4) is 0 Å². The zero-order valence-electron chi connectivity index (χ0n) is 7.66. The number of amides is 1. The van der Waals surface area contributed by atoms with E-state index in [1.54, 1.807) is 0 Å². The maximum absolute atomic E-state index is 11.1. The highest BCUT2D eigenvalue weighted by molar-refractivity contribution is 6.37. The highest BCUT2D eigenvalue weighted by Gasteiger charge is 2.21. The van der Waals surface area contributed by atoms with Crippen LogP contribution in [0.25, 0.3) is 0 Å². The van der Waals surface area contributed by atoms with Crippen LogP contribution < -0.4 is 5.32 Å². The van der Waals surface area contributed by atoms with Crippen LogP contribution in [0.2, 0.25) is 0 Å². The zero-order valence-corrected chi connectivity index (χ0v) is 7.66. The minimum Gasteiger partial charge on any atom is -0.454 e. The molecule has 2 rings (SSSR count). The second-order valence-corrected chi connectivity index (χ2v) is 3.19. The number of carbonyl (C=O) groups excluding carboxylic acids is 2. The number of aryl methyl sites for hydroxylation is 1. The quantitative estimate of drug-likeness (QED) is 0.491. The number of carbonyl (C=O) groups is 2. The topological polar surface area (TPSA) is 55.4 Å². The predicted octanol–water partition coefficient (Wildman–Crippen LogP) is 0.990. The minimum atomic E-state index is -0.834. The monoisotopic (exact) mass is 191 g/mol. The van der Waals surface area contributed by atoms with Gasteiger partial charge < -0.3 is 10.1 Å². The highest BCUT2D eigenvalue weighted by atomic mass is 16.5. The molecule has 1 heterocycles. The molecule has 1 amide bonds.